The topological polar surface area (TPSA) is 30.5 Å². The van der Waals surface area contributed by atoms with E-state index in [0.29, 0.717) is 5.02 Å². The fourth-order valence-electron chi connectivity index (χ4n) is 2.09. The molecule has 0 radical (unpaired) electrons. The van der Waals surface area contributed by atoms with Crippen molar-refractivity contribution in [2.45, 2.75) is 13.0 Å². The van der Waals surface area contributed by atoms with E-state index in [-0.39, 0.29) is 6.04 Å². The zero-order valence-electron chi connectivity index (χ0n) is 12.1. The molecule has 1 unspecified atom stereocenters. The van der Waals surface area contributed by atoms with Gasteiger partial charge in [-0.1, -0.05) is 33.6 Å². The second-order valence-corrected chi connectivity index (χ2v) is 5.92. The molecule has 0 spiro atoms. The van der Waals surface area contributed by atoms with Crippen molar-refractivity contribution in [1.82, 2.24) is 0 Å². The largest absolute Gasteiger partial charge is 0.497 e. The maximum Gasteiger partial charge on any atom is 0.142 e. The summed E-state index contributed by atoms with van der Waals surface area (Å²) < 4.78 is 11.6. The summed E-state index contributed by atoms with van der Waals surface area (Å²) in [6, 6.07) is 11.5. The number of benzene rings is 2. The van der Waals surface area contributed by atoms with E-state index in [1.165, 1.54) is 0 Å². The number of anilines is 1. The molecule has 1 atom stereocenters. The van der Waals surface area contributed by atoms with E-state index in [9.17, 15) is 0 Å². The SMILES string of the molecule is COc1ccc(OC)c(NC(C)c2ccc(Br)cc2Cl)c1. The van der Waals surface area contributed by atoms with Gasteiger partial charge < -0.3 is 14.8 Å². The summed E-state index contributed by atoms with van der Waals surface area (Å²) in [7, 11) is 3.28. The molecule has 0 aromatic heterocycles. The highest BCUT2D eigenvalue weighted by atomic mass is 79.9. The van der Waals surface area contributed by atoms with Crippen LogP contribution >= 0.6 is 27.5 Å². The third kappa shape index (κ3) is 3.83. The van der Waals surface area contributed by atoms with E-state index < -0.39 is 0 Å². The Bertz CT molecular complexity index is 634. The smallest absolute Gasteiger partial charge is 0.142 e. The molecule has 0 heterocycles. The Kier molecular flexibility index (Phi) is 5.37. The molecule has 0 bridgehead atoms. The van der Waals surface area contributed by atoms with Gasteiger partial charge in [0.25, 0.3) is 0 Å². The van der Waals surface area contributed by atoms with Crippen molar-refractivity contribution < 1.29 is 9.47 Å². The van der Waals surface area contributed by atoms with Gasteiger partial charge in [-0.2, -0.15) is 0 Å². The number of nitrogens with one attached hydrogen (secondary N) is 1. The second-order valence-electron chi connectivity index (χ2n) is 4.60. The molecule has 5 heteroatoms. The number of hydrogen-bond donors (Lipinski definition) is 1. The first-order valence-electron chi connectivity index (χ1n) is 6.48. The molecule has 0 aliphatic rings. The van der Waals surface area contributed by atoms with Crippen LogP contribution in [0, 0.1) is 0 Å². The van der Waals surface area contributed by atoms with Crippen molar-refractivity contribution in [3.05, 3.63) is 51.5 Å². The van der Waals surface area contributed by atoms with Gasteiger partial charge in [0.15, 0.2) is 0 Å². The van der Waals surface area contributed by atoms with Gasteiger partial charge >= 0.3 is 0 Å². The minimum Gasteiger partial charge on any atom is -0.497 e. The van der Waals surface area contributed by atoms with E-state index in [1.54, 1.807) is 14.2 Å². The summed E-state index contributed by atoms with van der Waals surface area (Å²) in [5, 5.41) is 4.12. The van der Waals surface area contributed by atoms with Crippen LogP contribution in [0.5, 0.6) is 11.5 Å². The van der Waals surface area contributed by atoms with E-state index in [2.05, 4.69) is 21.2 Å². The van der Waals surface area contributed by atoms with Crippen LogP contribution in [0.4, 0.5) is 5.69 Å². The summed E-state index contributed by atoms with van der Waals surface area (Å²) in [6.07, 6.45) is 0. The molecule has 0 fully saturated rings. The van der Waals surface area contributed by atoms with Gasteiger partial charge in [-0.3, -0.25) is 0 Å². The van der Waals surface area contributed by atoms with Crippen LogP contribution < -0.4 is 14.8 Å². The van der Waals surface area contributed by atoms with E-state index >= 15 is 0 Å². The maximum atomic E-state index is 6.30. The summed E-state index contributed by atoms with van der Waals surface area (Å²) in [5.41, 5.74) is 1.88. The van der Waals surface area contributed by atoms with Crippen molar-refractivity contribution >= 4 is 33.2 Å². The molecule has 0 amide bonds. The first kappa shape index (κ1) is 16.0. The van der Waals surface area contributed by atoms with Crippen molar-refractivity contribution in [1.29, 1.82) is 0 Å². The van der Waals surface area contributed by atoms with Gasteiger partial charge in [-0.25, -0.2) is 0 Å². The van der Waals surface area contributed by atoms with Crippen LogP contribution in [0.25, 0.3) is 0 Å². The highest BCUT2D eigenvalue weighted by Crippen LogP contribution is 2.34. The Morgan fingerprint density at radius 2 is 1.86 bits per heavy atom. The summed E-state index contributed by atoms with van der Waals surface area (Å²) in [6.45, 7) is 2.05. The predicted molar refractivity (Wildman–Crippen MR) is 90.7 cm³/mol. The monoisotopic (exact) mass is 369 g/mol. The van der Waals surface area contributed by atoms with Crippen LogP contribution in [-0.4, -0.2) is 14.2 Å². The Morgan fingerprint density at radius 3 is 2.48 bits per heavy atom. The first-order chi connectivity index (χ1) is 10.0. The van der Waals surface area contributed by atoms with Gasteiger partial charge in [0, 0.05) is 15.6 Å². The third-order valence-corrected chi connectivity index (χ3v) is 4.03. The van der Waals surface area contributed by atoms with E-state index in [0.717, 1.165) is 27.2 Å². The van der Waals surface area contributed by atoms with Crippen molar-refractivity contribution in [3.63, 3.8) is 0 Å². The van der Waals surface area contributed by atoms with E-state index in [4.69, 9.17) is 21.1 Å². The lowest BCUT2D eigenvalue weighted by molar-refractivity contribution is 0.404. The fourth-order valence-corrected chi connectivity index (χ4v) is 2.93. The van der Waals surface area contributed by atoms with Crippen molar-refractivity contribution in [2.75, 3.05) is 19.5 Å². The highest BCUT2D eigenvalue weighted by molar-refractivity contribution is 9.10. The normalized spacial score (nSPS) is 11.9. The number of halogens is 2. The Labute approximate surface area is 138 Å². The molecule has 112 valence electrons. The summed E-state index contributed by atoms with van der Waals surface area (Å²) in [5.74, 6) is 1.53. The third-order valence-electron chi connectivity index (χ3n) is 3.21. The fraction of sp³-hybridized carbons (Fsp3) is 0.250. The number of rotatable bonds is 5. The summed E-state index contributed by atoms with van der Waals surface area (Å²) >= 11 is 9.71. The molecular formula is C16H17BrClNO2. The Balaban J connectivity index is 2.28. The second kappa shape index (κ2) is 7.05. The molecule has 2 rings (SSSR count). The number of ether oxygens (including phenoxy) is 2. The van der Waals surface area contributed by atoms with Gasteiger partial charge in [-0.05, 0) is 36.8 Å². The minimum absolute atomic E-state index is 0.0339. The number of methoxy groups -OCH3 is 2. The molecule has 2 aromatic rings. The maximum absolute atomic E-state index is 6.30. The molecule has 21 heavy (non-hydrogen) atoms. The average molecular weight is 371 g/mol. The molecule has 1 N–H and O–H groups in total. The zero-order chi connectivity index (χ0) is 15.4. The molecule has 0 aliphatic heterocycles. The van der Waals surface area contributed by atoms with Gasteiger partial charge in [0.2, 0.25) is 0 Å². The lowest BCUT2D eigenvalue weighted by Gasteiger charge is -2.19. The molecule has 0 saturated carbocycles. The van der Waals surface area contributed by atoms with Crippen molar-refractivity contribution in [3.8, 4) is 11.5 Å². The van der Waals surface area contributed by atoms with Gasteiger partial charge in [-0.15, -0.1) is 0 Å². The Hall–Kier alpha value is -1.39. The van der Waals surface area contributed by atoms with Crippen LogP contribution in [0.3, 0.4) is 0 Å². The Morgan fingerprint density at radius 1 is 1.10 bits per heavy atom. The lowest BCUT2D eigenvalue weighted by Crippen LogP contribution is -2.08. The van der Waals surface area contributed by atoms with Crippen LogP contribution in [-0.2, 0) is 0 Å². The van der Waals surface area contributed by atoms with Crippen LogP contribution in [0.1, 0.15) is 18.5 Å². The standard InChI is InChI=1S/C16H17BrClNO2/c1-10(13-6-4-11(17)8-14(13)18)19-15-9-12(20-2)5-7-16(15)21-3/h4-10,19H,1-3H3. The molecule has 3 nitrogen and oxygen atoms in total. The molecule has 2 aromatic carbocycles. The quantitative estimate of drug-likeness (QED) is 0.775. The predicted octanol–water partition coefficient (Wildman–Crippen LogP) is 5.29. The number of hydrogen-bond acceptors (Lipinski definition) is 3. The van der Waals surface area contributed by atoms with Crippen molar-refractivity contribution in [2.24, 2.45) is 0 Å². The van der Waals surface area contributed by atoms with Gasteiger partial charge in [0.1, 0.15) is 11.5 Å². The van der Waals surface area contributed by atoms with Gasteiger partial charge in [0.05, 0.1) is 25.9 Å². The van der Waals surface area contributed by atoms with Crippen LogP contribution in [0.2, 0.25) is 5.02 Å². The van der Waals surface area contributed by atoms with Crippen LogP contribution in [0.15, 0.2) is 40.9 Å². The minimum atomic E-state index is 0.0339. The molecule has 0 saturated heterocycles. The molecular weight excluding hydrogens is 354 g/mol. The average Bonchev–Trinajstić information content (AvgIpc) is 2.46. The molecule has 0 aliphatic carbocycles. The zero-order valence-corrected chi connectivity index (χ0v) is 14.5. The summed E-state index contributed by atoms with van der Waals surface area (Å²) in [4.78, 5) is 0. The highest BCUT2D eigenvalue weighted by Gasteiger charge is 2.13. The lowest BCUT2D eigenvalue weighted by atomic mass is 10.1. The first-order valence-corrected chi connectivity index (χ1v) is 7.65. The van der Waals surface area contributed by atoms with E-state index in [1.807, 2.05) is 43.3 Å².